The lowest BCUT2D eigenvalue weighted by molar-refractivity contribution is -0.138. The van der Waals surface area contributed by atoms with Gasteiger partial charge in [-0.1, -0.05) is 0 Å². The van der Waals surface area contributed by atoms with Crippen molar-refractivity contribution in [2.75, 3.05) is 19.6 Å². The Hall–Kier alpha value is -1.30. The molecule has 0 aromatic rings. The van der Waals surface area contributed by atoms with E-state index in [0.717, 1.165) is 19.4 Å². The quantitative estimate of drug-likeness (QED) is 0.828. The molecule has 2 saturated heterocycles. The molecule has 120 valence electrons. The SMILES string of the molecule is CC(C)(C)N(CC(=O)O)C(=O)NC1CCN2CCCC2C1. The van der Waals surface area contributed by atoms with Crippen molar-refractivity contribution in [3.63, 3.8) is 0 Å². The van der Waals surface area contributed by atoms with Gasteiger partial charge in [-0.3, -0.25) is 4.79 Å². The molecule has 6 heteroatoms. The predicted molar refractivity (Wildman–Crippen MR) is 80.2 cm³/mol. The topological polar surface area (TPSA) is 72.9 Å². The Morgan fingerprint density at radius 1 is 1.29 bits per heavy atom. The van der Waals surface area contributed by atoms with E-state index in [-0.39, 0.29) is 18.6 Å². The van der Waals surface area contributed by atoms with Crippen molar-refractivity contribution in [2.45, 2.75) is 64.1 Å². The molecule has 2 N–H and O–H groups in total. The van der Waals surface area contributed by atoms with Gasteiger partial charge in [0.25, 0.3) is 0 Å². The van der Waals surface area contributed by atoms with Crippen molar-refractivity contribution in [1.82, 2.24) is 15.1 Å². The Morgan fingerprint density at radius 2 is 2.00 bits per heavy atom. The number of carbonyl (C=O) groups excluding carboxylic acids is 1. The highest BCUT2D eigenvalue weighted by atomic mass is 16.4. The van der Waals surface area contributed by atoms with Gasteiger partial charge in [-0.25, -0.2) is 4.79 Å². The average Bonchev–Trinajstić information content (AvgIpc) is 2.81. The normalized spacial score (nSPS) is 26.2. The van der Waals surface area contributed by atoms with E-state index < -0.39 is 11.5 Å². The molecule has 2 amide bonds. The van der Waals surface area contributed by atoms with Gasteiger partial charge >= 0.3 is 12.0 Å². The van der Waals surface area contributed by atoms with Crippen LogP contribution in [0.2, 0.25) is 0 Å². The molecule has 0 bridgehead atoms. The van der Waals surface area contributed by atoms with Gasteiger partial charge in [0.15, 0.2) is 0 Å². The van der Waals surface area contributed by atoms with Gasteiger partial charge in [0, 0.05) is 24.2 Å². The van der Waals surface area contributed by atoms with Gasteiger partial charge in [0.2, 0.25) is 0 Å². The number of carboxylic acid groups (broad SMARTS) is 1. The summed E-state index contributed by atoms with van der Waals surface area (Å²) in [5.74, 6) is -0.981. The molecule has 21 heavy (non-hydrogen) atoms. The summed E-state index contributed by atoms with van der Waals surface area (Å²) in [6.07, 6.45) is 4.40. The van der Waals surface area contributed by atoms with Gasteiger partial charge in [-0.05, 0) is 53.0 Å². The van der Waals surface area contributed by atoms with Crippen molar-refractivity contribution >= 4 is 12.0 Å². The van der Waals surface area contributed by atoms with Crippen LogP contribution in [0.5, 0.6) is 0 Å². The van der Waals surface area contributed by atoms with E-state index in [1.54, 1.807) is 0 Å². The summed E-state index contributed by atoms with van der Waals surface area (Å²) in [4.78, 5) is 27.3. The zero-order valence-electron chi connectivity index (χ0n) is 13.3. The lowest BCUT2D eigenvalue weighted by atomic mass is 9.97. The van der Waals surface area contributed by atoms with E-state index in [0.29, 0.717) is 6.04 Å². The standard InChI is InChI=1S/C15H27N3O3/c1-15(2,3)18(10-13(19)20)14(21)16-11-6-8-17-7-4-5-12(17)9-11/h11-12H,4-10H2,1-3H3,(H,16,21)(H,19,20). The van der Waals surface area contributed by atoms with Crippen LogP contribution < -0.4 is 5.32 Å². The van der Waals surface area contributed by atoms with Crippen LogP contribution >= 0.6 is 0 Å². The van der Waals surface area contributed by atoms with Crippen LogP contribution in [-0.4, -0.2) is 64.2 Å². The first kappa shape index (κ1) is 16.1. The van der Waals surface area contributed by atoms with E-state index in [1.807, 2.05) is 20.8 Å². The number of urea groups is 1. The fraction of sp³-hybridized carbons (Fsp3) is 0.867. The second-order valence-corrected chi connectivity index (χ2v) is 7.15. The molecule has 0 aromatic heterocycles. The fourth-order valence-corrected chi connectivity index (χ4v) is 3.36. The minimum Gasteiger partial charge on any atom is -0.480 e. The molecule has 0 aromatic carbocycles. The summed E-state index contributed by atoms with van der Waals surface area (Å²) in [6.45, 7) is 7.51. The molecule has 0 saturated carbocycles. The third-order valence-corrected chi connectivity index (χ3v) is 4.50. The van der Waals surface area contributed by atoms with Gasteiger partial charge in [0.05, 0.1) is 0 Å². The molecule has 0 aliphatic carbocycles. The number of fused-ring (bicyclic) bond motifs is 1. The summed E-state index contributed by atoms with van der Waals surface area (Å²) < 4.78 is 0. The van der Waals surface area contributed by atoms with E-state index in [9.17, 15) is 9.59 Å². The smallest absolute Gasteiger partial charge is 0.323 e. The number of nitrogens with zero attached hydrogens (tertiary/aromatic N) is 2. The number of rotatable bonds is 3. The van der Waals surface area contributed by atoms with Crippen LogP contribution in [-0.2, 0) is 4.79 Å². The van der Waals surface area contributed by atoms with Crippen LogP contribution in [0.3, 0.4) is 0 Å². The number of carboxylic acids is 1. The highest BCUT2D eigenvalue weighted by molar-refractivity contribution is 5.81. The summed E-state index contributed by atoms with van der Waals surface area (Å²) in [6, 6.07) is 0.489. The van der Waals surface area contributed by atoms with E-state index >= 15 is 0 Å². The molecule has 2 heterocycles. The molecule has 0 radical (unpaired) electrons. The van der Waals surface area contributed by atoms with Gasteiger partial charge < -0.3 is 20.2 Å². The number of carbonyl (C=O) groups is 2. The fourth-order valence-electron chi connectivity index (χ4n) is 3.36. The Balaban J connectivity index is 1.93. The summed E-state index contributed by atoms with van der Waals surface area (Å²) in [7, 11) is 0. The maximum absolute atomic E-state index is 12.4. The van der Waals surface area contributed by atoms with E-state index in [1.165, 1.54) is 24.3 Å². The van der Waals surface area contributed by atoms with Crippen LogP contribution in [0.1, 0.15) is 46.5 Å². The highest BCUT2D eigenvalue weighted by Crippen LogP contribution is 2.27. The lowest BCUT2D eigenvalue weighted by Gasteiger charge is -2.39. The largest absolute Gasteiger partial charge is 0.480 e. The molecule has 2 rings (SSSR count). The summed E-state index contributed by atoms with van der Waals surface area (Å²) >= 11 is 0. The van der Waals surface area contributed by atoms with Crippen LogP contribution in [0.15, 0.2) is 0 Å². The third kappa shape index (κ3) is 4.09. The first-order valence-corrected chi connectivity index (χ1v) is 7.81. The molecule has 2 unspecified atom stereocenters. The maximum Gasteiger partial charge on any atom is 0.323 e. The Labute approximate surface area is 126 Å². The van der Waals surface area contributed by atoms with Crippen molar-refractivity contribution in [2.24, 2.45) is 0 Å². The molecule has 2 aliphatic rings. The first-order chi connectivity index (χ1) is 9.77. The molecule has 2 aliphatic heterocycles. The molecule has 2 fully saturated rings. The zero-order chi connectivity index (χ0) is 15.6. The summed E-state index contributed by atoms with van der Waals surface area (Å²) in [5.41, 5.74) is -0.503. The average molecular weight is 297 g/mol. The minimum absolute atomic E-state index is 0.162. The zero-order valence-corrected chi connectivity index (χ0v) is 13.3. The molecule has 2 atom stereocenters. The second kappa shape index (κ2) is 6.22. The number of aliphatic carboxylic acids is 1. The second-order valence-electron chi connectivity index (χ2n) is 7.15. The molecular weight excluding hydrogens is 270 g/mol. The Bertz CT molecular complexity index is 405. The first-order valence-electron chi connectivity index (χ1n) is 7.81. The van der Waals surface area contributed by atoms with Crippen LogP contribution in [0.25, 0.3) is 0 Å². The van der Waals surface area contributed by atoms with Crippen molar-refractivity contribution in [1.29, 1.82) is 0 Å². The predicted octanol–water partition coefficient (Wildman–Crippen LogP) is 1.51. The van der Waals surface area contributed by atoms with E-state index in [2.05, 4.69) is 10.2 Å². The Kier molecular flexibility index (Phi) is 4.76. The van der Waals surface area contributed by atoms with Crippen LogP contribution in [0.4, 0.5) is 4.79 Å². The minimum atomic E-state index is -0.981. The van der Waals surface area contributed by atoms with Gasteiger partial charge in [-0.15, -0.1) is 0 Å². The summed E-state index contributed by atoms with van der Waals surface area (Å²) in [5, 5.41) is 12.0. The number of hydrogen-bond donors (Lipinski definition) is 2. The van der Waals surface area contributed by atoms with E-state index in [4.69, 9.17) is 5.11 Å². The van der Waals surface area contributed by atoms with Crippen molar-refractivity contribution in [3.05, 3.63) is 0 Å². The molecule has 6 nitrogen and oxygen atoms in total. The van der Waals surface area contributed by atoms with Crippen LogP contribution in [0, 0.1) is 0 Å². The van der Waals surface area contributed by atoms with Crippen molar-refractivity contribution in [3.8, 4) is 0 Å². The number of piperidine rings is 1. The van der Waals surface area contributed by atoms with Gasteiger partial charge in [0.1, 0.15) is 6.54 Å². The number of amides is 2. The highest BCUT2D eigenvalue weighted by Gasteiger charge is 2.34. The lowest BCUT2D eigenvalue weighted by Crippen LogP contribution is -2.56. The molecule has 0 spiro atoms. The van der Waals surface area contributed by atoms with Crippen molar-refractivity contribution < 1.29 is 14.7 Å². The molecular formula is C15H27N3O3. The number of nitrogens with one attached hydrogen (secondary N) is 1. The maximum atomic E-state index is 12.4. The number of hydrogen-bond acceptors (Lipinski definition) is 3. The Morgan fingerprint density at radius 3 is 2.62 bits per heavy atom. The van der Waals surface area contributed by atoms with Gasteiger partial charge in [-0.2, -0.15) is 0 Å². The third-order valence-electron chi connectivity index (χ3n) is 4.50. The monoisotopic (exact) mass is 297 g/mol.